The van der Waals surface area contributed by atoms with Crippen molar-refractivity contribution in [2.45, 2.75) is 38.6 Å². The second kappa shape index (κ2) is 8.33. The fourth-order valence-corrected chi connectivity index (χ4v) is 4.85. The van der Waals surface area contributed by atoms with Gasteiger partial charge in [0.2, 0.25) is 0 Å². The summed E-state index contributed by atoms with van der Waals surface area (Å²) in [5.41, 5.74) is 2.09. The lowest BCUT2D eigenvalue weighted by Crippen LogP contribution is -2.29. The third-order valence-corrected chi connectivity index (χ3v) is 6.37. The fraction of sp³-hybridized carbons (Fsp3) is 0.348. The van der Waals surface area contributed by atoms with E-state index in [1.54, 1.807) is 6.92 Å². The molecule has 2 aromatic carbocycles. The number of para-hydroxylation sites is 1. The first kappa shape index (κ1) is 19.6. The molecular formula is C23H24N2O3S. The van der Waals surface area contributed by atoms with E-state index < -0.39 is 6.04 Å². The summed E-state index contributed by atoms with van der Waals surface area (Å²) in [7, 11) is 0. The zero-order chi connectivity index (χ0) is 20.4. The van der Waals surface area contributed by atoms with Crippen LogP contribution in [0.2, 0.25) is 0 Å². The molecule has 3 aromatic rings. The van der Waals surface area contributed by atoms with Crippen LogP contribution in [0, 0.1) is 5.92 Å². The number of aromatic nitrogens is 1. The van der Waals surface area contributed by atoms with E-state index in [0.29, 0.717) is 17.8 Å². The zero-order valence-corrected chi connectivity index (χ0v) is 17.4. The third-order valence-electron chi connectivity index (χ3n) is 5.33. The maximum absolute atomic E-state index is 12.9. The van der Waals surface area contributed by atoms with Gasteiger partial charge in [-0.1, -0.05) is 60.7 Å². The Kier molecular flexibility index (Phi) is 5.62. The van der Waals surface area contributed by atoms with Crippen molar-refractivity contribution in [2.75, 3.05) is 6.61 Å². The normalized spacial score (nSPS) is 19.9. The van der Waals surface area contributed by atoms with Crippen LogP contribution in [0.25, 0.3) is 10.2 Å². The highest BCUT2D eigenvalue weighted by atomic mass is 32.1. The molecule has 3 unspecified atom stereocenters. The lowest BCUT2D eigenvalue weighted by atomic mass is 10.1. The Labute approximate surface area is 173 Å². The van der Waals surface area contributed by atoms with Crippen LogP contribution in [0.15, 0.2) is 59.6 Å². The maximum atomic E-state index is 12.9. The number of carbonyl (C=O) groups is 2. The number of hydrogen-bond donors (Lipinski definition) is 0. The van der Waals surface area contributed by atoms with Gasteiger partial charge < -0.3 is 9.30 Å². The number of benzene rings is 2. The monoisotopic (exact) mass is 408 g/mol. The summed E-state index contributed by atoms with van der Waals surface area (Å²) in [5, 5.41) is 0. The van der Waals surface area contributed by atoms with Crippen LogP contribution >= 0.6 is 11.3 Å². The van der Waals surface area contributed by atoms with Gasteiger partial charge in [-0.3, -0.25) is 4.79 Å². The van der Waals surface area contributed by atoms with E-state index in [0.717, 1.165) is 16.6 Å². The van der Waals surface area contributed by atoms with Crippen LogP contribution in [0.4, 0.5) is 0 Å². The molecule has 5 nitrogen and oxygen atoms in total. The number of hydrogen-bond acceptors (Lipinski definition) is 4. The lowest BCUT2D eigenvalue weighted by molar-refractivity contribution is -0.147. The van der Waals surface area contributed by atoms with E-state index in [9.17, 15) is 9.59 Å². The van der Waals surface area contributed by atoms with E-state index >= 15 is 0 Å². The molecule has 1 fully saturated rings. The summed E-state index contributed by atoms with van der Waals surface area (Å²) >= 11 is 1.44. The minimum Gasteiger partial charge on any atom is -0.464 e. The Morgan fingerprint density at radius 3 is 2.59 bits per heavy atom. The van der Waals surface area contributed by atoms with E-state index in [2.05, 4.69) is 17.1 Å². The van der Waals surface area contributed by atoms with Crippen LogP contribution in [-0.2, 0) is 14.3 Å². The molecule has 29 heavy (non-hydrogen) atoms. The van der Waals surface area contributed by atoms with Gasteiger partial charge in [-0.15, -0.1) is 0 Å². The molecule has 4 rings (SSSR count). The number of nitrogens with zero attached hydrogens (tertiary/aromatic N) is 2. The minimum absolute atomic E-state index is 0.0845. The number of rotatable bonds is 6. The highest BCUT2D eigenvalue weighted by Crippen LogP contribution is 2.48. The second-order valence-corrected chi connectivity index (χ2v) is 8.22. The van der Waals surface area contributed by atoms with Gasteiger partial charge in [0.1, 0.15) is 6.04 Å². The van der Waals surface area contributed by atoms with E-state index in [1.165, 1.54) is 16.9 Å². The van der Waals surface area contributed by atoms with Crippen molar-refractivity contribution >= 4 is 33.4 Å². The fourth-order valence-electron chi connectivity index (χ4n) is 3.78. The summed E-state index contributed by atoms with van der Waals surface area (Å²) < 4.78 is 8.15. The molecule has 0 spiro atoms. The molecule has 150 valence electrons. The van der Waals surface area contributed by atoms with Crippen LogP contribution < -0.4 is 4.80 Å². The van der Waals surface area contributed by atoms with Crippen LogP contribution in [0.1, 0.15) is 44.2 Å². The molecule has 0 aliphatic heterocycles. The SMILES string of the molecule is CCOC(=O)C(CC)n1c(=NC(=O)C2CC2c2ccccc2)sc2ccccc21. The number of carbonyl (C=O) groups excluding carboxylic acids is 2. The van der Waals surface area contributed by atoms with Crippen LogP contribution in [-0.4, -0.2) is 23.1 Å². The molecule has 3 atom stereocenters. The Bertz CT molecular complexity index is 1100. The smallest absolute Gasteiger partial charge is 0.329 e. The van der Waals surface area contributed by atoms with Crippen molar-refractivity contribution in [3.8, 4) is 0 Å². The zero-order valence-electron chi connectivity index (χ0n) is 16.6. The van der Waals surface area contributed by atoms with Gasteiger partial charge in [-0.25, -0.2) is 4.79 Å². The predicted octanol–water partition coefficient (Wildman–Crippen LogP) is 4.45. The minimum atomic E-state index is -0.498. The van der Waals surface area contributed by atoms with Gasteiger partial charge in [0.25, 0.3) is 5.91 Å². The average molecular weight is 409 g/mol. The van der Waals surface area contributed by atoms with Crippen molar-refractivity contribution in [1.29, 1.82) is 0 Å². The molecule has 1 aromatic heterocycles. The summed E-state index contributed by atoms with van der Waals surface area (Å²) in [5.74, 6) is -0.250. The Hall–Kier alpha value is -2.73. The van der Waals surface area contributed by atoms with Gasteiger partial charge in [0.15, 0.2) is 4.80 Å². The first-order valence-corrected chi connectivity index (χ1v) is 10.9. The molecule has 1 aliphatic carbocycles. The standard InChI is InChI=1S/C23H24N2O3S/c1-3-18(22(27)28-4-2)25-19-12-8-9-13-20(19)29-23(25)24-21(26)17-14-16(17)15-10-6-5-7-11-15/h5-13,16-18H,3-4,14H2,1-2H3. The van der Waals surface area contributed by atoms with Gasteiger partial charge >= 0.3 is 5.97 Å². The summed E-state index contributed by atoms with van der Waals surface area (Å²) in [6.07, 6.45) is 1.39. The molecule has 0 radical (unpaired) electrons. The Balaban J connectivity index is 1.72. The van der Waals surface area contributed by atoms with Crippen LogP contribution in [0.5, 0.6) is 0 Å². The number of amides is 1. The quantitative estimate of drug-likeness (QED) is 0.566. The van der Waals surface area contributed by atoms with Crippen molar-refractivity contribution in [1.82, 2.24) is 4.57 Å². The summed E-state index contributed by atoms with van der Waals surface area (Å²) in [6, 6.07) is 17.4. The predicted molar refractivity (Wildman–Crippen MR) is 114 cm³/mol. The molecule has 0 N–H and O–H groups in total. The second-order valence-electron chi connectivity index (χ2n) is 7.21. The topological polar surface area (TPSA) is 60.7 Å². The lowest BCUT2D eigenvalue weighted by Gasteiger charge is -2.16. The van der Waals surface area contributed by atoms with Gasteiger partial charge in [0, 0.05) is 5.92 Å². The number of thiazole rings is 1. The molecule has 6 heteroatoms. The van der Waals surface area contributed by atoms with Crippen LogP contribution in [0.3, 0.4) is 0 Å². The highest BCUT2D eigenvalue weighted by Gasteiger charge is 2.44. The number of esters is 1. The van der Waals surface area contributed by atoms with Crippen molar-refractivity contribution in [3.05, 3.63) is 65.0 Å². The van der Waals surface area contributed by atoms with E-state index in [4.69, 9.17) is 4.74 Å². The maximum Gasteiger partial charge on any atom is 0.329 e. The number of fused-ring (bicyclic) bond motifs is 1. The summed E-state index contributed by atoms with van der Waals surface area (Å²) in [4.78, 5) is 30.5. The Morgan fingerprint density at radius 1 is 1.14 bits per heavy atom. The molecule has 0 bridgehead atoms. The first-order chi connectivity index (χ1) is 14.1. The molecule has 1 aliphatic rings. The van der Waals surface area contributed by atoms with Gasteiger partial charge in [0.05, 0.1) is 16.8 Å². The van der Waals surface area contributed by atoms with Gasteiger partial charge in [-0.05, 0) is 43.4 Å². The molecule has 0 saturated heterocycles. The van der Waals surface area contributed by atoms with Crippen molar-refractivity contribution in [3.63, 3.8) is 0 Å². The third kappa shape index (κ3) is 3.90. The molecule has 1 saturated carbocycles. The molecule has 1 amide bonds. The molecule has 1 heterocycles. The van der Waals surface area contributed by atoms with E-state index in [-0.39, 0.29) is 23.7 Å². The first-order valence-electron chi connectivity index (χ1n) is 10.0. The highest BCUT2D eigenvalue weighted by molar-refractivity contribution is 7.16. The number of ether oxygens (including phenoxy) is 1. The summed E-state index contributed by atoms with van der Waals surface area (Å²) in [6.45, 7) is 4.07. The molecular weight excluding hydrogens is 384 g/mol. The average Bonchev–Trinajstić information content (AvgIpc) is 3.47. The van der Waals surface area contributed by atoms with Gasteiger partial charge in [-0.2, -0.15) is 4.99 Å². The van der Waals surface area contributed by atoms with E-state index in [1.807, 2.05) is 54.0 Å². The van der Waals surface area contributed by atoms with Crippen molar-refractivity contribution in [2.24, 2.45) is 10.9 Å². The van der Waals surface area contributed by atoms with Crippen molar-refractivity contribution < 1.29 is 14.3 Å². The largest absolute Gasteiger partial charge is 0.464 e. The Morgan fingerprint density at radius 2 is 1.86 bits per heavy atom.